The normalized spacial score (nSPS) is 19.3. The van der Waals surface area contributed by atoms with Crippen molar-refractivity contribution in [1.82, 2.24) is 0 Å². The van der Waals surface area contributed by atoms with Gasteiger partial charge in [0.05, 0.1) is 0 Å². The third-order valence-corrected chi connectivity index (χ3v) is 0.976. The highest BCUT2D eigenvalue weighted by Crippen LogP contribution is 2.29. The smallest absolute Gasteiger partial charge is 0.0157 e. The zero-order chi connectivity index (χ0) is 4.41. The van der Waals surface area contributed by atoms with Crippen LogP contribution in [0.5, 0.6) is 0 Å². The van der Waals surface area contributed by atoms with Crippen molar-refractivity contribution in [2.75, 3.05) is 0 Å². The van der Waals surface area contributed by atoms with Crippen LogP contribution in [0.4, 0.5) is 0 Å². The molecule has 1 fully saturated rings. The van der Waals surface area contributed by atoms with E-state index in [1.807, 2.05) is 6.08 Å². The summed E-state index contributed by atoms with van der Waals surface area (Å²) in [5.41, 5.74) is 2.75. The first-order valence-corrected chi connectivity index (χ1v) is 2.29. The monoisotopic (exact) mass is 80.1 g/mol. The van der Waals surface area contributed by atoms with E-state index in [0.29, 0.717) is 0 Å². The van der Waals surface area contributed by atoms with E-state index in [1.165, 1.54) is 12.8 Å². The van der Waals surface area contributed by atoms with Crippen LogP contribution in [-0.2, 0) is 0 Å². The van der Waals surface area contributed by atoms with Crippen LogP contribution in [-0.4, -0.2) is 0 Å². The zero-order valence-electron chi connectivity index (χ0n) is 3.78. The molecule has 0 radical (unpaired) electrons. The molecule has 0 saturated heterocycles. The Morgan fingerprint density at radius 2 is 2.33 bits per heavy atom. The average molecular weight is 80.1 g/mol. The standard InChI is InChI=1S/C6H8/c1-2-3-6-4-5-6/h3,6H,1,4-5H2. The summed E-state index contributed by atoms with van der Waals surface area (Å²) in [5, 5.41) is 0. The molecule has 0 heterocycles. The molecule has 0 heteroatoms. The Labute approximate surface area is 38.2 Å². The summed E-state index contributed by atoms with van der Waals surface area (Å²) in [4.78, 5) is 0. The van der Waals surface area contributed by atoms with Crippen molar-refractivity contribution < 1.29 is 0 Å². The van der Waals surface area contributed by atoms with E-state index in [9.17, 15) is 0 Å². The van der Waals surface area contributed by atoms with E-state index in [2.05, 4.69) is 12.3 Å². The van der Waals surface area contributed by atoms with Gasteiger partial charge in [-0.2, -0.15) is 0 Å². The van der Waals surface area contributed by atoms with Gasteiger partial charge in [-0.05, 0) is 24.8 Å². The Balaban J connectivity index is 2.33. The van der Waals surface area contributed by atoms with Crippen LogP contribution in [0.25, 0.3) is 0 Å². The van der Waals surface area contributed by atoms with Crippen LogP contribution in [0.1, 0.15) is 12.8 Å². The molecule has 0 nitrogen and oxygen atoms in total. The van der Waals surface area contributed by atoms with Crippen LogP contribution in [0, 0.1) is 5.92 Å². The molecule has 0 amide bonds. The highest BCUT2D eigenvalue weighted by atomic mass is 14.2. The first kappa shape index (κ1) is 3.70. The second-order valence-electron chi connectivity index (χ2n) is 1.71. The van der Waals surface area contributed by atoms with Crippen molar-refractivity contribution in [2.24, 2.45) is 5.92 Å². The topological polar surface area (TPSA) is 0 Å². The van der Waals surface area contributed by atoms with Gasteiger partial charge in [0.1, 0.15) is 0 Å². The van der Waals surface area contributed by atoms with E-state index >= 15 is 0 Å². The van der Waals surface area contributed by atoms with Gasteiger partial charge < -0.3 is 0 Å². The second kappa shape index (κ2) is 1.32. The molecule has 1 saturated carbocycles. The molecule has 0 N–H and O–H groups in total. The summed E-state index contributed by atoms with van der Waals surface area (Å²) in [7, 11) is 0. The molecule has 0 spiro atoms. The fourth-order valence-electron chi connectivity index (χ4n) is 0.430. The van der Waals surface area contributed by atoms with Crippen molar-refractivity contribution in [3.8, 4) is 0 Å². The van der Waals surface area contributed by atoms with Crippen molar-refractivity contribution >= 4 is 0 Å². The molecule has 32 valence electrons. The number of allylic oxidation sites excluding steroid dienone is 1. The Hall–Kier alpha value is -0.480. The summed E-state index contributed by atoms with van der Waals surface area (Å²) in [6.45, 7) is 3.46. The van der Waals surface area contributed by atoms with Crippen LogP contribution in [0.15, 0.2) is 18.4 Å². The molecular formula is C6H8. The predicted octanol–water partition coefficient (Wildman–Crippen LogP) is 1.74. The lowest BCUT2D eigenvalue weighted by Gasteiger charge is -1.64. The summed E-state index contributed by atoms with van der Waals surface area (Å²) in [6, 6.07) is 0. The summed E-state index contributed by atoms with van der Waals surface area (Å²) in [6.07, 6.45) is 4.77. The number of rotatable bonds is 1. The molecule has 6 heavy (non-hydrogen) atoms. The SMILES string of the molecule is C=C=CC1CC1. The summed E-state index contributed by atoms with van der Waals surface area (Å²) in [5.74, 6) is 0.850. The van der Waals surface area contributed by atoms with Gasteiger partial charge in [-0.1, -0.05) is 6.58 Å². The van der Waals surface area contributed by atoms with E-state index in [-0.39, 0.29) is 0 Å². The minimum Gasteiger partial charge on any atom is -0.133 e. The maximum atomic E-state index is 3.46. The van der Waals surface area contributed by atoms with Crippen LogP contribution >= 0.6 is 0 Å². The van der Waals surface area contributed by atoms with E-state index in [4.69, 9.17) is 0 Å². The molecule has 0 aromatic rings. The second-order valence-corrected chi connectivity index (χ2v) is 1.71. The number of hydrogen-bond donors (Lipinski definition) is 0. The van der Waals surface area contributed by atoms with Gasteiger partial charge in [-0.25, -0.2) is 0 Å². The van der Waals surface area contributed by atoms with E-state index in [0.717, 1.165) is 5.92 Å². The van der Waals surface area contributed by atoms with E-state index in [1.54, 1.807) is 0 Å². The first-order chi connectivity index (χ1) is 2.93. The first-order valence-electron chi connectivity index (χ1n) is 2.29. The lowest BCUT2D eigenvalue weighted by Crippen LogP contribution is -1.52. The molecule has 0 aliphatic heterocycles. The highest BCUT2D eigenvalue weighted by Gasteiger charge is 2.16. The molecular weight excluding hydrogens is 72.1 g/mol. The molecule has 1 rings (SSSR count). The van der Waals surface area contributed by atoms with Crippen LogP contribution in [0.3, 0.4) is 0 Å². The Kier molecular flexibility index (Phi) is 0.813. The summed E-state index contributed by atoms with van der Waals surface area (Å²) < 4.78 is 0. The Bertz CT molecular complexity index is 82.2. The molecule has 1 aliphatic rings. The maximum Gasteiger partial charge on any atom is -0.0157 e. The molecule has 1 aliphatic carbocycles. The molecule has 0 aromatic heterocycles. The van der Waals surface area contributed by atoms with E-state index < -0.39 is 0 Å². The van der Waals surface area contributed by atoms with Crippen molar-refractivity contribution in [3.05, 3.63) is 18.4 Å². The van der Waals surface area contributed by atoms with Crippen molar-refractivity contribution in [1.29, 1.82) is 0 Å². The minimum absolute atomic E-state index is 0.850. The molecule has 0 atom stereocenters. The summed E-state index contributed by atoms with van der Waals surface area (Å²) >= 11 is 0. The quantitative estimate of drug-likeness (QED) is 0.421. The third-order valence-electron chi connectivity index (χ3n) is 0.976. The van der Waals surface area contributed by atoms with Gasteiger partial charge in [-0.15, -0.1) is 5.73 Å². The molecule has 0 aromatic carbocycles. The molecule has 0 bridgehead atoms. The molecule has 0 unspecified atom stereocenters. The van der Waals surface area contributed by atoms with Gasteiger partial charge >= 0.3 is 0 Å². The number of hydrogen-bond acceptors (Lipinski definition) is 0. The lowest BCUT2D eigenvalue weighted by molar-refractivity contribution is 1.13. The fraction of sp³-hybridized carbons (Fsp3) is 0.500. The Morgan fingerprint density at radius 1 is 1.67 bits per heavy atom. The third kappa shape index (κ3) is 0.734. The zero-order valence-corrected chi connectivity index (χ0v) is 3.78. The Morgan fingerprint density at radius 3 is 2.50 bits per heavy atom. The van der Waals surface area contributed by atoms with Gasteiger partial charge in [-0.3, -0.25) is 0 Å². The van der Waals surface area contributed by atoms with Crippen molar-refractivity contribution in [2.45, 2.75) is 12.8 Å². The maximum absolute atomic E-state index is 3.46. The van der Waals surface area contributed by atoms with Gasteiger partial charge in [0.2, 0.25) is 0 Å². The van der Waals surface area contributed by atoms with Gasteiger partial charge in [0, 0.05) is 0 Å². The lowest BCUT2D eigenvalue weighted by atomic mass is 10.4. The van der Waals surface area contributed by atoms with Crippen LogP contribution in [0.2, 0.25) is 0 Å². The fourth-order valence-corrected chi connectivity index (χ4v) is 0.430. The average Bonchev–Trinajstić information content (AvgIpc) is 2.21. The van der Waals surface area contributed by atoms with Crippen LogP contribution < -0.4 is 0 Å². The predicted molar refractivity (Wildman–Crippen MR) is 26.4 cm³/mol. The minimum atomic E-state index is 0.850. The highest BCUT2D eigenvalue weighted by molar-refractivity contribution is 4.92. The van der Waals surface area contributed by atoms with Gasteiger partial charge in [0.25, 0.3) is 0 Å². The largest absolute Gasteiger partial charge is 0.133 e. The van der Waals surface area contributed by atoms with Gasteiger partial charge in [0.15, 0.2) is 0 Å². The van der Waals surface area contributed by atoms with Crippen molar-refractivity contribution in [3.63, 3.8) is 0 Å².